The number of thiazole rings is 1. The number of aromatic nitrogens is 1. The molecule has 0 saturated carbocycles. The number of nitrogen functional groups attached to an aromatic ring is 1. The van der Waals surface area contributed by atoms with E-state index in [0.717, 1.165) is 21.3 Å². The average Bonchev–Trinajstić information content (AvgIpc) is 2.71. The van der Waals surface area contributed by atoms with E-state index in [1.54, 1.807) is 11.3 Å². The molecule has 0 radical (unpaired) electrons. The molecule has 0 spiro atoms. The number of nitrogens with two attached hydrogens (primary N) is 1. The molecule has 2 nitrogen and oxygen atoms in total. The van der Waals surface area contributed by atoms with Crippen molar-refractivity contribution in [1.82, 2.24) is 4.98 Å². The fraction of sp³-hybridized carbons (Fsp3) is 0.438. The van der Waals surface area contributed by atoms with Gasteiger partial charge in [-0.05, 0) is 11.5 Å². The molecule has 2 aromatic rings. The zero-order chi connectivity index (χ0) is 14.2. The molecule has 0 bridgehead atoms. The van der Waals surface area contributed by atoms with E-state index in [2.05, 4.69) is 58.9 Å². The van der Waals surface area contributed by atoms with Crippen molar-refractivity contribution in [2.45, 2.75) is 46.0 Å². The van der Waals surface area contributed by atoms with Crippen molar-refractivity contribution in [2.75, 3.05) is 5.73 Å². The summed E-state index contributed by atoms with van der Waals surface area (Å²) in [4.78, 5) is 4.72. The Morgan fingerprint density at radius 2 is 1.68 bits per heavy atom. The minimum atomic E-state index is 0.0505. The summed E-state index contributed by atoms with van der Waals surface area (Å²) in [5.41, 5.74) is 9.54. The number of nitrogens with zero attached hydrogens (tertiary/aromatic N) is 1. The van der Waals surface area contributed by atoms with Gasteiger partial charge in [0.25, 0.3) is 0 Å². The summed E-state index contributed by atoms with van der Waals surface area (Å²) in [6.45, 7) is 10.9. The van der Waals surface area contributed by atoms with E-state index < -0.39 is 0 Å². The molecular weight excluding hydrogens is 252 g/mol. The second kappa shape index (κ2) is 4.97. The van der Waals surface area contributed by atoms with E-state index in [4.69, 9.17) is 10.7 Å². The molecule has 0 aliphatic heterocycles. The van der Waals surface area contributed by atoms with Crippen LogP contribution < -0.4 is 5.73 Å². The van der Waals surface area contributed by atoms with Crippen molar-refractivity contribution >= 4 is 16.3 Å². The van der Waals surface area contributed by atoms with Gasteiger partial charge in [-0.3, -0.25) is 0 Å². The topological polar surface area (TPSA) is 38.9 Å². The van der Waals surface area contributed by atoms with E-state index in [0.29, 0.717) is 5.92 Å². The Morgan fingerprint density at radius 1 is 1.11 bits per heavy atom. The smallest absolute Gasteiger partial charge is 0.114 e. The van der Waals surface area contributed by atoms with Crippen LogP contribution in [-0.4, -0.2) is 4.98 Å². The molecule has 1 heterocycles. The van der Waals surface area contributed by atoms with E-state index >= 15 is 0 Å². The number of anilines is 1. The van der Waals surface area contributed by atoms with Gasteiger partial charge in [-0.2, -0.15) is 0 Å². The fourth-order valence-corrected chi connectivity index (χ4v) is 2.80. The Labute approximate surface area is 119 Å². The standard InChI is InChI=1S/C16H22N2S/c1-10(2)11-6-8-12(9-7-11)13-14(17)19-15(18-13)16(3,4)5/h6-10H,17H2,1-5H3. The number of rotatable bonds is 2. The molecule has 102 valence electrons. The van der Waals surface area contributed by atoms with E-state index in [1.165, 1.54) is 5.56 Å². The average molecular weight is 274 g/mol. The number of hydrogen-bond donors (Lipinski definition) is 1. The Morgan fingerprint density at radius 3 is 2.11 bits per heavy atom. The molecular formula is C16H22N2S. The van der Waals surface area contributed by atoms with Gasteiger partial charge in [0, 0.05) is 11.0 Å². The van der Waals surface area contributed by atoms with Crippen LogP contribution in [0.5, 0.6) is 0 Å². The van der Waals surface area contributed by atoms with Crippen molar-refractivity contribution in [3.8, 4) is 11.3 Å². The van der Waals surface area contributed by atoms with Crippen molar-refractivity contribution in [3.05, 3.63) is 34.8 Å². The minimum Gasteiger partial charge on any atom is -0.389 e. The monoisotopic (exact) mass is 274 g/mol. The maximum Gasteiger partial charge on any atom is 0.114 e. The largest absolute Gasteiger partial charge is 0.389 e. The van der Waals surface area contributed by atoms with Crippen molar-refractivity contribution in [3.63, 3.8) is 0 Å². The lowest BCUT2D eigenvalue weighted by molar-refractivity contribution is 0.586. The van der Waals surface area contributed by atoms with Gasteiger partial charge < -0.3 is 5.73 Å². The van der Waals surface area contributed by atoms with Crippen molar-refractivity contribution in [2.24, 2.45) is 0 Å². The van der Waals surface area contributed by atoms with Gasteiger partial charge >= 0.3 is 0 Å². The summed E-state index contributed by atoms with van der Waals surface area (Å²) < 4.78 is 0. The fourth-order valence-electron chi connectivity index (χ4n) is 1.89. The Hall–Kier alpha value is -1.35. The van der Waals surface area contributed by atoms with Gasteiger partial charge in [0.15, 0.2) is 0 Å². The van der Waals surface area contributed by atoms with Crippen LogP contribution in [0.3, 0.4) is 0 Å². The number of hydrogen-bond acceptors (Lipinski definition) is 3. The maximum atomic E-state index is 6.12. The van der Waals surface area contributed by atoms with E-state index in [9.17, 15) is 0 Å². The second-order valence-corrected chi connectivity index (χ2v) is 7.29. The minimum absolute atomic E-state index is 0.0505. The lowest BCUT2D eigenvalue weighted by Crippen LogP contribution is -2.10. The zero-order valence-electron chi connectivity index (χ0n) is 12.3. The summed E-state index contributed by atoms with van der Waals surface area (Å²) in [5, 5.41) is 1.90. The zero-order valence-corrected chi connectivity index (χ0v) is 13.1. The number of benzene rings is 1. The van der Waals surface area contributed by atoms with Gasteiger partial charge in [-0.1, -0.05) is 58.9 Å². The highest BCUT2D eigenvalue weighted by molar-refractivity contribution is 7.16. The van der Waals surface area contributed by atoms with Crippen LogP contribution in [0.2, 0.25) is 0 Å². The molecule has 19 heavy (non-hydrogen) atoms. The normalized spacial score (nSPS) is 12.1. The molecule has 0 unspecified atom stereocenters. The highest BCUT2D eigenvalue weighted by Crippen LogP contribution is 2.36. The Kier molecular flexibility index (Phi) is 3.68. The first-order chi connectivity index (χ1) is 8.79. The molecule has 0 saturated heterocycles. The maximum absolute atomic E-state index is 6.12. The first kappa shape index (κ1) is 14.1. The molecule has 0 atom stereocenters. The molecule has 3 heteroatoms. The molecule has 1 aromatic carbocycles. The second-order valence-electron chi connectivity index (χ2n) is 6.26. The molecule has 1 aromatic heterocycles. The van der Waals surface area contributed by atoms with Gasteiger partial charge in [0.1, 0.15) is 15.7 Å². The van der Waals surface area contributed by atoms with Crippen LogP contribution in [0.1, 0.15) is 51.1 Å². The Bertz CT molecular complexity index is 559. The van der Waals surface area contributed by atoms with Crippen LogP contribution in [0.25, 0.3) is 11.3 Å². The van der Waals surface area contributed by atoms with Crippen LogP contribution in [0, 0.1) is 0 Å². The summed E-state index contributed by atoms with van der Waals surface area (Å²) in [6, 6.07) is 8.56. The van der Waals surface area contributed by atoms with Gasteiger partial charge in [-0.15, -0.1) is 11.3 Å². The van der Waals surface area contributed by atoms with Crippen LogP contribution in [0.4, 0.5) is 5.00 Å². The molecule has 0 aliphatic rings. The lowest BCUT2D eigenvalue weighted by atomic mass is 9.98. The quantitative estimate of drug-likeness (QED) is 0.853. The van der Waals surface area contributed by atoms with E-state index in [-0.39, 0.29) is 5.41 Å². The third kappa shape index (κ3) is 2.98. The van der Waals surface area contributed by atoms with Crippen LogP contribution in [-0.2, 0) is 5.41 Å². The summed E-state index contributed by atoms with van der Waals surface area (Å²) in [5.74, 6) is 0.548. The summed E-state index contributed by atoms with van der Waals surface area (Å²) in [7, 11) is 0. The van der Waals surface area contributed by atoms with Gasteiger partial charge in [0.05, 0.1) is 0 Å². The predicted molar refractivity (Wildman–Crippen MR) is 84.8 cm³/mol. The SMILES string of the molecule is CC(C)c1ccc(-c2nc(C(C)(C)C)sc2N)cc1. The third-order valence-electron chi connectivity index (χ3n) is 3.15. The molecule has 0 amide bonds. The summed E-state index contributed by atoms with van der Waals surface area (Å²) in [6.07, 6.45) is 0. The van der Waals surface area contributed by atoms with Gasteiger partial charge in [-0.25, -0.2) is 4.98 Å². The van der Waals surface area contributed by atoms with Crippen LogP contribution >= 0.6 is 11.3 Å². The summed E-state index contributed by atoms with van der Waals surface area (Å²) >= 11 is 1.59. The highest BCUT2D eigenvalue weighted by Gasteiger charge is 2.21. The van der Waals surface area contributed by atoms with Crippen LogP contribution in [0.15, 0.2) is 24.3 Å². The lowest BCUT2D eigenvalue weighted by Gasteiger charge is -2.13. The van der Waals surface area contributed by atoms with Gasteiger partial charge in [0.2, 0.25) is 0 Å². The molecule has 0 fully saturated rings. The predicted octanol–water partition coefficient (Wildman–Crippen LogP) is 4.81. The Balaban J connectivity index is 2.39. The first-order valence-electron chi connectivity index (χ1n) is 6.66. The molecule has 2 rings (SSSR count). The first-order valence-corrected chi connectivity index (χ1v) is 7.48. The van der Waals surface area contributed by atoms with Crippen molar-refractivity contribution < 1.29 is 0 Å². The highest BCUT2D eigenvalue weighted by atomic mass is 32.1. The molecule has 2 N–H and O–H groups in total. The third-order valence-corrected chi connectivity index (χ3v) is 4.46. The van der Waals surface area contributed by atoms with E-state index in [1.807, 2.05) is 0 Å². The van der Waals surface area contributed by atoms with Crippen molar-refractivity contribution in [1.29, 1.82) is 0 Å². The molecule has 0 aliphatic carbocycles.